The number of pyridine rings is 1. The van der Waals surface area contributed by atoms with Gasteiger partial charge in [-0.05, 0) is 36.4 Å². The van der Waals surface area contributed by atoms with Gasteiger partial charge >= 0.3 is 0 Å². The third kappa shape index (κ3) is 4.14. The molecule has 2 aromatic carbocycles. The molecule has 5 rings (SSSR count). The number of para-hydroxylation sites is 2. The van der Waals surface area contributed by atoms with E-state index in [1.54, 1.807) is 6.07 Å². The average Bonchev–Trinajstić information content (AvgIpc) is 3.37. The van der Waals surface area contributed by atoms with E-state index in [-0.39, 0.29) is 11.4 Å². The van der Waals surface area contributed by atoms with Crippen LogP contribution < -0.4 is 20.5 Å². The van der Waals surface area contributed by atoms with Gasteiger partial charge in [-0.3, -0.25) is 9.59 Å². The van der Waals surface area contributed by atoms with Crippen LogP contribution in [0.5, 0.6) is 0 Å². The molecule has 5 aromatic rings. The van der Waals surface area contributed by atoms with E-state index in [0.29, 0.717) is 9.60 Å². The molecule has 170 valence electrons. The van der Waals surface area contributed by atoms with Crippen molar-refractivity contribution in [3.8, 4) is 0 Å². The first-order valence-corrected chi connectivity index (χ1v) is 11.9. The fraction of sp³-hybridized carbons (Fsp3) is 0.0870. The lowest BCUT2D eigenvalue weighted by atomic mass is 10.3. The lowest BCUT2D eigenvalue weighted by molar-refractivity contribution is 0.0943. The lowest BCUT2D eigenvalue weighted by Gasteiger charge is -2.02. The molecule has 0 saturated carbocycles. The van der Waals surface area contributed by atoms with Gasteiger partial charge in [-0.25, -0.2) is 15.8 Å². The summed E-state index contributed by atoms with van der Waals surface area (Å²) in [6, 6.07) is 20.4. The van der Waals surface area contributed by atoms with Crippen molar-refractivity contribution in [1.82, 2.24) is 25.0 Å². The van der Waals surface area contributed by atoms with Gasteiger partial charge < -0.3 is 9.13 Å². The second-order valence-corrected chi connectivity index (χ2v) is 9.35. The van der Waals surface area contributed by atoms with Crippen LogP contribution in [0.15, 0.2) is 76.9 Å². The van der Waals surface area contributed by atoms with Crippen LogP contribution in [0.3, 0.4) is 0 Å². The van der Waals surface area contributed by atoms with Crippen LogP contribution in [0.2, 0.25) is 0 Å². The first-order valence-electron chi connectivity index (χ1n) is 10.3. The number of nitrogens with zero attached hydrogens (tertiary/aromatic N) is 5. The maximum Gasteiger partial charge on any atom is 0.290 e. The number of hydrogen-bond acceptors (Lipinski definition) is 7. The largest absolute Gasteiger partial charge is 0.318 e. The number of benzene rings is 2. The Morgan fingerprint density at radius 2 is 1.15 bits per heavy atom. The fourth-order valence-corrected chi connectivity index (χ4v) is 5.33. The van der Waals surface area contributed by atoms with Crippen LogP contribution in [0.4, 0.5) is 0 Å². The summed E-state index contributed by atoms with van der Waals surface area (Å²) in [5, 5.41) is 8.44. The Balaban J connectivity index is 1.34. The van der Waals surface area contributed by atoms with Crippen molar-refractivity contribution in [1.29, 1.82) is 0 Å². The minimum Gasteiger partial charge on any atom is -0.318 e. The summed E-state index contributed by atoms with van der Waals surface area (Å²) < 4.78 is 5.91. The molecule has 9 nitrogen and oxygen atoms in total. The van der Waals surface area contributed by atoms with Gasteiger partial charge in [0.15, 0.2) is 0 Å². The SMILES string of the molecule is Cn1/c(=N\NC(=O)c2cccc(C(=O)N/N=c3/sc4ccccc4n3C)n2)sc2ccccc21. The number of hydrogen-bond donors (Lipinski definition) is 2. The number of aromatic nitrogens is 3. The Morgan fingerprint density at radius 1 is 0.706 bits per heavy atom. The number of carbonyl (C=O) groups excluding carboxylic acids is 2. The summed E-state index contributed by atoms with van der Waals surface area (Å²) in [7, 11) is 3.76. The van der Waals surface area contributed by atoms with E-state index in [1.807, 2.05) is 71.8 Å². The van der Waals surface area contributed by atoms with Crippen molar-refractivity contribution in [3.05, 3.63) is 87.7 Å². The molecular weight excluding hydrogens is 470 g/mol. The van der Waals surface area contributed by atoms with Crippen molar-refractivity contribution < 1.29 is 9.59 Å². The molecule has 11 heteroatoms. The number of aryl methyl sites for hydroxylation is 2. The predicted molar refractivity (Wildman–Crippen MR) is 132 cm³/mol. The van der Waals surface area contributed by atoms with E-state index in [2.05, 4.69) is 26.0 Å². The number of fused-ring (bicyclic) bond motifs is 2. The van der Waals surface area contributed by atoms with E-state index < -0.39 is 11.8 Å². The molecule has 2 N–H and O–H groups in total. The first kappa shape index (κ1) is 21.7. The molecular formula is C23H19N7O2S2. The monoisotopic (exact) mass is 489 g/mol. The summed E-state index contributed by atoms with van der Waals surface area (Å²) in [4.78, 5) is 30.7. The average molecular weight is 490 g/mol. The number of thiazole rings is 2. The summed E-state index contributed by atoms with van der Waals surface area (Å²) in [6.45, 7) is 0. The number of amides is 2. The summed E-state index contributed by atoms with van der Waals surface area (Å²) in [5.41, 5.74) is 7.24. The molecule has 0 fully saturated rings. The van der Waals surface area contributed by atoms with Gasteiger partial charge in [0, 0.05) is 14.1 Å². The molecule has 0 saturated heterocycles. The van der Waals surface area contributed by atoms with Crippen molar-refractivity contribution in [3.63, 3.8) is 0 Å². The summed E-state index contributed by atoms with van der Waals surface area (Å²) >= 11 is 2.92. The van der Waals surface area contributed by atoms with Gasteiger partial charge in [0.25, 0.3) is 11.8 Å². The highest BCUT2D eigenvalue weighted by molar-refractivity contribution is 7.16. The highest BCUT2D eigenvalue weighted by atomic mass is 32.1. The topological polar surface area (TPSA) is 106 Å². The Bertz CT molecular complexity index is 1570. The van der Waals surface area contributed by atoms with Crippen molar-refractivity contribution in [2.45, 2.75) is 0 Å². The molecule has 0 bridgehead atoms. The molecule has 0 spiro atoms. The van der Waals surface area contributed by atoms with Crippen LogP contribution in [0.1, 0.15) is 21.0 Å². The number of rotatable bonds is 4. The van der Waals surface area contributed by atoms with Crippen LogP contribution >= 0.6 is 22.7 Å². The zero-order valence-corrected chi connectivity index (χ0v) is 19.9. The van der Waals surface area contributed by atoms with Crippen molar-refractivity contribution in [2.75, 3.05) is 0 Å². The van der Waals surface area contributed by atoms with Crippen LogP contribution in [-0.4, -0.2) is 25.9 Å². The maximum absolute atomic E-state index is 12.6. The normalized spacial score (nSPS) is 12.4. The minimum atomic E-state index is -0.514. The highest BCUT2D eigenvalue weighted by Gasteiger charge is 2.12. The molecule has 3 heterocycles. The molecule has 0 aliphatic carbocycles. The molecule has 0 aliphatic rings. The quantitative estimate of drug-likeness (QED) is 0.379. The van der Waals surface area contributed by atoms with E-state index in [9.17, 15) is 9.59 Å². The Kier molecular flexibility index (Phi) is 5.78. The third-order valence-corrected chi connectivity index (χ3v) is 7.38. The molecule has 34 heavy (non-hydrogen) atoms. The van der Waals surface area contributed by atoms with Gasteiger partial charge in [-0.15, -0.1) is 10.2 Å². The second kappa shape index (κ2) is 9.04. The van der Waals surface area contributed by atoms with Gasteiger partial charge in [0.1, 0.15) is 11.4 Å². The van der Waals surface area contributed by atoms with Gasteiger partial charge in [0.05, 0.1) is 20.4 Å². The Hall–Kier alpha value is -4.09. The van der Waals surface area contributed by atoms with E-state index >= 15 is 0 Å². The van der Waals surface area contributed by atoms with E-state index in [1.165, 1.54) is 34.8 Å². The second-order valence-electron chi connectivity index (χ2n) is 7.34. The number of nitrogens with one attached hydrogen (secondary N) is 2. The molecule has 0 atom stereocenters. The van der Waals surface area contributed by atoms with Crippen LogP contribution in [0.25, 0.3) is 20.4 Å². The Labute approximate surface area is 201 Å². The predicted octanol–water partition coefficient (Wildman–Crippen LogP) is 2.68. The highest BCUT2D eigenvalue weighted by Crippen LogP contribution is 2.16. The smallest absolute Gasteiger partial charge is 0.290 e. The van der Waals surface area contributed by atoms with E-state index in [0.717, 1.165) is 20.4 Å². The molecule has 0 unspecified atom stereocenters. The van der Waals surface area contributed by atoms with Gasteiger partial charge in [0.2, 0.25) is 9.60 Å². The first-order chi connectivity index (χ1) is 16.5. The summed E-state index contributed by atoms with van der Waals surface area (Å²) in [6.07, 6.45) is 0. The van der Waals surface area contributed by atoms with Gasteiger partial charge in [-0.2, -0.15) is 0 Å². The van der Waals surface area contributed by atoms with Crippen molar-refractivity contribution in [2.24, 2.45) is 24.3 Å². The third-order valence-electron chi connectivity index (χ3n) is 5.15. The standard InChI is InChI=1S/C23H19N7O2S2/c1-29-16-10-3-5-12-18(16)33-22(29)27-25-20(31)14-8-7-9-15(24-14)21(32)26-28-23-30(2)17-11-4-6-13-19(17)34-23/h3-13H,1-2H3,(H,25,31)(H,26,32)/b27-22+,28-23+. The molecule has 3 aromatic heterocycles. The molecule has 0 radical (unpaired) electrons. The lowest BCUT2D eigenvalue weighted by Crippen LogP contribution is -2.26. The minimum absolute atomic E-state index is 0.0765. The van der Waals surface area contributed by atoms with Crippen LogP contribution in [0, 0.1) is 0 Å². The zero-order chi connectivity index (χ0) is 23.7. The van der Waals surface area contributed by atoms with E-state index in [4.69, 9.17) is 0 Å². The fourth-order valence-electron chi connectivity index (χ4n) is 3.38. The van der Waals surface area contributed by atoms with Gasteiger partial charge in [-0.1, -0.05) is 53.0 Å². The number of carbonyl (C=O) groups is 2. The maximum atomic E-state index is 12.6. The summed E-state index contributed by atoms with van der Waals surface area (Å²) in [5.74, 6) is -1.03. The van der Waals surface area contributed by atoms with Crippen LogP contribution in [-0.2, 0) is 14.1 Å². The Morgan fingerprint density at radius 3 is 1.59 bits per heavy atom. The zero-order valence-electron chi connectivity index (χ0n) is 18.2. The molecule has 0 aliphatic heterocycles. The van der Waals surface area contributed by atoms with Crippen molar-refractivity contribution >= 4 is 54.9 Å². The molecule has 2 amide bonds.